The standard InChI is InChI=1S/C15H27N3O/c1-3-14-6-4-11-18(12-7-14)13-8-15(19)17(2)10-5-9-16/h14H,3-8,10-13H2,1-2H3. The van der Waals surface area contributed by atoms with Crippen LogP contribution in [0.15, 0.2) is 0 Å². The summed E-state index contributed by atoms with van der Waals surface area (Å²) in [5.74, 6) is 1.03. The van der Waals surface area contributed by atoms with Crippen molar-refractivity contribution in [3.63, 3.8) is 0 Å². The molecule has 1 aliphatic heterocycles. The molecule has 0 saturated carbocycles. The summed E-state index contributed by atoms with van der Waals surface area (Å²) in [4.78, 5) is 16.0. The molecule has 0 aromatic rings. The molecule has 0 N–H and O–H groups in total. The van der Waals surface area contributed by atoms with E-state index in [4.69, 9.17) is 5.26 Å². The summed E-state index contributed by atoms with van der Waals surface area (Å²) < 4.78 is 0. The number of carbonyl (C=O) groups is 1. The van der Waals surface area contributed by atoms with Gasteiger partial charge in [0.15, 0.2) is 0 Å². The van der Waals surface area contributed by atoms with Crippen LogP contribution >= 0.6 is 0 Å². The average Bonchev–Trinajstić information content (AvgIpc) is 2.67. The number of likely N-dealkylation sites (tertiary alicyclic amines) is 1. The normalized spacial score (nSPS) is 20.6. The highest BCUT2D eigenvalue weighted by Gasteiger charge is 2.17. The van der Waals surface area contributed by atoms with Gasteiger partial charge in [0.25, 0.3) is 0 Å². The third-order valence-corrected chi connectivity index (χ3v) is 4.14. The highest BCUT2D eigenvalue weighted by atomic mass is 16.2. The number of rotatable bonds is 6. The van der Waals surface area contributed by atoms with Crippen LogP contribution in [0.3, 0.4) is 0 Å². The van der Waals surface area contributed by atoms with Crippen LogP contribution in [0.4, 0.5) is 0 Å². The van der Waals surface area contributed by atoms with Crippen molar-refractivity contribution in [2.24, 2.45) is 5.92 Å². The first kappa shape index (κ1) is 16.0. The van der Waals surface area contributed by atoms with Crippen molar-refractivity contribution in [3.05, 3.63) is 0 Å². The molecule has 0 bridgehead atoms. The minimum atomic E-state index is 0.159. The van der Waals surface area contributed by atoms with Crippen LogP contribution in [-0.2, 0) is 4.79 Å². The summed E-state index contributed by atoms with van der Waals surface area (Å²) >= 11 is 0. The molecule has 1 aliphatic rings. The van der Waals surface area contributed by atoms with Crippen LogP contribution in [0.5, 0.6) is 0 Å². The Morgan fingerprint density at radius 3 is 2.89 bits per heavy atom. The van der Waals surface area contributed by atoms with E-state index < -0.39 is 0 Å². The Bertz CT molecular complexity index is 311. The maximum atomic E-state index is 11.9. The van der Waals surface area contributed by atoms with E-state index in [1.807, 2.05) is 0 Å². The van der Waals surface area contributed by atoms with Crippen molar-refractivity contribution < 1.29 is 4.79 Å². The van der Waals surface area contributed by atoms with Crippen LogP contribution < -0.4 is 0 Å². The molecule has 1 saturated heterocycles. The molecule has 0 aromatic heterocycles. The molecule has 1 rings (SSSR count). The molecule has 1 amide bonds. The lowest BCUT2D eigenvalue weighted by Gasteiger charge is -2.22. The quantitative estimate of drug-likeness (QED) is 0.740. The topological polar surface area (TPSA) is 47.3 Å². The van der Waals surface area contributed by atoms with Gasteiger partial charge in [-0.2, -0.15) is 5.26 Å². The zero-order valence-electron chi connectivity index (χ0n) is 12.4. The van der Waals surface area contributed by atoms with E-state index in [2.05, 4.69) is 17.9 Å². The minimum Gasteiger partial charge on any atom is -0.345 e. The highest BCUT2D eigenvalue weighted by Crippen LogP contribution is 2.20. The summed E-state index contributed by atoms with van der Waals surface area (Å²) in [7, 11) is 1.79. The molecule has 1 atom stereocenters. The van der Waals surface area contributed by atoms with E-state index in [9.17, 15) is 4.79 Å². The summed E-state index contributed by atoms with van der Waals surface area (Å²) in [5.41, 5.74) is 0. The molecule has 1 unspecified atom stereocenters. The number of hydrogen-bond acceptors (Lipinski definition) is 3. The maximum absolute atomic E-state index is 11.9. The Balaban J connectivity index is 2.24. The number of nitriles is 1. The first-order chi connectivity index (χ1) is 9.17. The van der Waals surface area contributed by atoms with E-state index in [0.29, 0.717) is 19.4 Å². The molecule has 1 heterocycles. The largest absolute Gasteiger partial charge is 0.345 e. The smallest absolute Gasteiger partial charge is 0.223 e. The van der Waals surface area contributed by atoms with Crippen molar-refractivity contribution in [1.82, 2.24) is 9.80 Å². The van der Waals surface area contributed by atoms with Gasteiger partial charge in [0.2, 0.25) is 5.91 Å². The van der Waals surface area contributed by atoms with Crippen LogP contribution in [0, 0.1) is 17.2 Å². The summed E-state index contributed by atoms with van der Waals surface area (Å²) in [6, 6.07) is 2.07. The molecular formula is C15H27N3O. The fourth-order valence-electron chi connectivity index (χ4n) is 2.64. The molecule has 19 heavy (non-hydrogen) atoms. The zero-order chi connectivity index (χ0) is 14.1. The van der Waals surface area contributed by atoms with Gasteiger partial charge < -0.3 is 9.80 Å². The van der Waals surface area contributed by atoms with Crippen molar-refractivity contribution in [3.8, 4) is 6.07 Å². The van der Waals surface area contributed by atoms with Gasteiger partial charge in [0, 0.05) is 26.6 Å². The van der Waals surface area contributed by atoms with E-state index >= 15 is 0 Å². The lowest BCUT2D eigenvalue weighted by molar-refractivity contribution is -0.130. The molecule has 4 heteroatoms. The second-order valence-electron chi connectivity index (χ2n) is 5.52. The molecule has 1 fully saturated rings. The zero-order valence-corrected chi connectivity index (χ0v) is 12.4. The van der Waals surface area contributed by atoms with Crippen LogP contribution in [-0.4, -0.2) is 48.9 Å². The van der Waals surface area contributed by atoms with E-state index in [0.717, 1.165) is 25.6 Å². The summed E-state index contributed by atoms with van der Waals surface area (Å²) in [5, 5.41) is 8.51. The van der Waals surface area contributed by atoms with Gasteiger partial charge in [0.1, 0.15) is 0 Å². The molecule has 0 radical (unpaired) electrons. The first-order valence-electron chi connectivity index (χ1n) is 7.50. The molecular weight excluding hydrogens is 238 g/mol. The molecule has 0 aromatic carbocycles. The molecule has 4 nitrogen and oxygen atoms in total. The van der Waals surface area contributed by atoms with Gasteiger partial charge in [-0.25, -0.2) is 0 Å². The van der Waals surface area contributed by atoms with Crippen molar-refractivity contribution >= 4 is 5.91 Å². The average molecular weight is 265 g/mol. The van der Waals surface area contributed by atoms with Gasteiger partial charge in [0.05, 0.1) is 12.5 Å². The second-order valence-corrected chi connectivity index (χ2v) is 5.52. The number of nitrogens with zero attached hydrogens (tertiary/aromatic N) is 3. The first-order valence-corrected chi connectivity index (χ1v) is 7.50. The van der Waals surface area contributed by atoms with Gasteiger partial charge in [-0.1, -0.05) is 13.3 Å². The predicted octanol–water partition coefficient (Wildman–Crippen LogP) is 2.26. The van der Waals surface area contributed by atoms with Gasteiger partial charge in [-0.05, 0) is 38.3 Å². The second kappa shape index (κ2) is 8.92. The number of hydrogen-bond donors (Lipinski definition) is 0. The van der Waals surface area contributed by atoms with Gasteiger partial charge >= 0.3 is 0 Å². The third kappa shape index (κ3) is 6.07. The Morgan fingerprint density at radius 2 is 2.21 bits per heavy atom. The molecule has 0 aliphatic carbocycles. The Labute approximate surface area is 117 Å². The third-order valence-electron chi connectivity index (χ3n) is 4.14. The van der Waals surface area contributed by atoms with Crippen molar-refractivity contribution in [2.45, 2.75) is 45.4 Å². The van der Waals surface area contributed by atoms with E-state index in [-0.39, 0.29) is 5.91 Å². The van der Waals surface area contributed by atoms with Gasteiger partial charge in [-0.15, -0.1) is 0 Å². The Hall–Kier alpha value is -1.08. The lowest BCUT2D eigenvalue weighted by atomic mass is 9.98. The van der Waals surface area contributed by atoms with Crippen LogP contribution in [0.25, 0.3) is 0 Å². The van der Waals surface area contributed by atoms with Crippen molar-refractivity contribution in [1.29, 1.82) is 5.26 Å². The Morgan fingerprint density at radius 1 is 1.42 bits per heavy atom. The van der Waals surface area contributed by atoms with Gasteiger partial charge in [-0.3, -0.25) is 4.79 Å². The number of carbonyl (C=O) groups excluding carboxylic acids is 1. The van der Waals surface area contributed by atoms with Crippen molar-refractivity contribution in [2.75, 3.05) is 33.2 Å². The van der Waals surface area contributed by atoms with Crippen LogP contribution in [0.1, 0.15) is 45.4 Å². The lowest BCUT2D eigenvalue weighted by Crippen LogP contribution is -2.33. The molecule has 0 spiro atoms. The minimum absolute atomic E-state index is 0.159. The molecule has 108 valence electrons. The predicted molar refractivity (Wildman–Crippen MR) is 76.6 cm³/mol. The SMILES string of the molecule is CCC1CCCN(CCC(=O)N(C)CCC#N)CC1. The van der Waals surface area contributed by atoms with Crippen LogP contribution in [0.2, 0.25) is 0 Å². The summed E-state index contributed by atoms with van der Waals surface area (Å²) in [6.45, 7) is 5.95. The van der Waals surface area contributed by atoms with E-state index in [1.165, 1.54) is 25.7 Å². The highest BCUT2D eigenvalue weighted by molar-refractivity contribution is 5.76. The maximum Gasteiger partial charge on any atom is 0.223 e. The van der Waals surface area contributed by atoms with E-state index in [1.54, 1.807) is 11.9 Å². The Kier molecular flexibility index (Phi) is 7.50. The fraction of sp³-hybridized carbons (Fsp3) is 0.867. The monoisotopic (exact) mass is 265 g/mol. The number of amides is 1. The fourth-order valence-corrected chi connectivity index (χ4v) is 2.64. The summed E-state index contributed by atoms with van der Waals surface area (Å²) in [6.07, 6.45) is 6.15.